The van der Waals surface area contributed by atoms with Gasteiger partial charge in [-0.15, -0.1) is 0 Å². The Morgan fingerprint density at radius 1 is 1.48 bits per heavy atom. The Labute approximate surface area is 133 Å². The van der Waals surface area contributed by atoms with E-state index in [1.54, 1.807) is 19.1 Å². The van der Waals surface area contributed by atoms with Gasteiger partial charge in [-0.2, -0.15) is 0 Å². The summed E-state index contributed by atoms with van der Waals surface area (Å²) in [5, 5.41) is 0. The molecule has 0 aromatic heterocycles. The average molecular weight is 358 g/mol. The van der Waals surface area contributed by atoms with Crippen molar-refractivity contribution in [3.05, 3.63) is 21.7 Å². The van der Waals surface area contributed by atoms with Crippen LogP contribution in [0.25, 0.3) is 0 Å². The molecule has 1 heterocycles. The third-order valence-electron chi connectivity index (χ3n) is 3.31. The quantitative estimate of drug-likeness (QED) is 0.529. The van der Waals surface area contributed by atoms with Gasteiger partial charge in [0.15, 0.2) is 0 Å². The number of hydrogen-bond donors (Lipinski definition) is 0. The smallest absolute Gasteiger partial charge is 0.209 e. The van der Waals surface area contributed by atoms with Gasteiger partial charge in [0.25, 0.3) is 0 Å². The molecule has 116 valence electrons. The van der Waals surface area contributed by atoms with Crippen molar-refractivity contribution in [2.24, 2.45) is 0 Å². The summed E-state index contributed by atoms with van der Waals surface area (Å²) in [5.74, 6) is 1.68. The molecule has 1 aliphatic rings. The number of nitrogens with zero attached hydrogens (tertiary/aromatic N) is 1. The maximum Gasteiger partial charge on any atom is 0.209 e. The first-order chi connectivity index (χ1) is 10.2. The van der Waals surface area contributed by atoms with Gasteiger partial charge in [-0.25, -0.2) is 0 Å². The van der Waals surface area contributed by atoms with Crippen LogP contribution in [-0.2, 0) is 22.5 Å². The molecule has 0 unspecified atom stereocenters. The Morgan fingerprint density at radius 3 is 3.00 bits per heavy atom. The zero-order chi connectivity index (χ0) is 15.2. The summed E-state index contributed by atoms with van der Waals surface area (Å²) in [6.45, 7) is 2.45. The van der Waals surface area contributed by atoms with Crippen molar-refractivity contribution in [3.8, 4) is 11.5 Å². The van der Waals surface area contributed by atoms with Crippen LogP contribution in [0.2, 0.25) is 0 Å². The molecule has 0 spiro atoms. The SMILES string of the molecule is COCCCOc1cc(CN(C)C=O)c(Br)c2c1CCO2. The van der Waals surface area contributed by atoms with Crippen LogP contribution < -0.4 is 9.47 Å². The lowest BCUT2D eigenvalue weighted by molar-refractivity contribution is -0.117. The highest BCUT2D eigenvalue weighted by Gasteiger charge is 2.23. The molecule has 2 rings (SSSR count). The normalized spacial score (nSPS) is 12.7. The first-order valence-corrected chi connectivity index (χ1v) is 7.71. The Morgan fingerprint density at radius 2 is 2.29 bits per heavy atom. The number of amides is 1. The van der Waals surface area contributed by atoms with Crippen LogP contribution in [0.5, 0.6) is 11.5 Å². The Balaban J connectivity index is 2.20. The van der Waals surface area contributed by atoms with Gasteiger partial charge >= 0.3 is 0 Å². The van der Waals surface area contributed by atoms with E-state index in [0.29, 0.717) is 26.4 Å². The second-order valence-corrected chi connectivity index (χ2v) is 5.76. The summed E-state index contributed by atoms with van der Waals surface area (Å²) < 4.78 is 17.5. The first kappa shape index (κ1) is 16.1. The van der Waals surface area contributed by atoms with Crippen molar-refractivity contribution in [3.63, 3.8) is 0 Å². The topological polar surface area (TPSA) is 48.0 Å². The molecule has 6 heteroatoms. The molecular weight excluding hydrogens is 338 g/mol. The van der Waals surface area contributed by atoms with E-state index in [0.717, 1.165) is 46.4 Å². The average Bonchev–Trinajstić information content (AvgIpc) is 2.97. The van der Waals surface area contributed by atoms with Crippen LogP contribution in [0.1, 0.15) is 17.5 Å². The van der Waals surface area contributed by atoms with Gasteiger partial charge in [-0.3, -0.25) is 4.79 Å². The van der Waals surface area contributed by atoms with E-state index in [1.165, 1.54) is 0 Å². The molecular formula is C15H20BrNO4. The molecule has 5 nitrogen and oxygen atoms in total. The van der Waals surface area contributed by atoms with E-state index >= 15 is 0 Å². The molecule has 1 aromatic rings. The second-order valence-electron chi connectivity index (χ2n) is 4.97. The maximum absolute atomic E-state index is 10.8. The number of methoxy groups -OCH3 is 1. The van der Waals surface area contributed by atoms with E-state index in [-0.39, 0.29) is 0 Å². The van der Waals surface area contributed by atoms with Gasteiger partial charge in [0.2, 0.25) is 6.41 Å². The van der Waals surface area contributed by atoms with Crippen molar-refractivity contribution in [1.29, 1.82) is 0 Å². The van der Waals surface area contributed by atoms with Crippen LogP contribution in [0.3, 0.4) is 0 Å². The number of fused-ring (bicyclic) bond motifs is 1. The lowest BCUT2D eigenvalue weighted by Crippen LogP contribution is -2.15. The van der Waals surface area contributed by atoms with Crippen molar-refractivity contribution in [1.82, 2.24) is 4.90 Å². The molecule has 21 heavy (non-hydrogen) atoms. The molecule has 0 saturated carbocycles. The van der Waals surface area contributed by atoms with Gasteiger partial charge in [0.05, 0.1) is 17.7 Å². The summed E-state index contributed by atoms with van der Waals surface area (Å²) in [5.41, 5.74) is 2.07. The lowest BCUT2D eigenvalue weighted by Gasteiger charge is -2.17. The fraction of sp³-hybridized carbons (Fsp3) is 0.533. The highest BCUT2D eigenvalue weighted by Crippen LogP contribution is 2.42. The molecule has 0 N–H and O–H groups in total. The summed E-state index contributed by atoms with van der Waals surface area (Å²) in [7, 11) is 3.42. The highest BCUT2D eigenvalue weighted by atomic mass is 79.9. The van der Waals surface area contributed by atoms with Crippen LogP contribution in [0.4, 0.5) is 0 Å². The van der Waals surface area contributed by atoms with Gasteiger partial charge in [0.1, 0.15) is 11.5 Å². The van der Waals surface area contributed by atoms with Crippen LogP contribution in [-0.4, -0.2) is 45.3 Å². The molecule has 1 aromatic carbocycles. The van der Waals surface area contributed by atoms with E-state index < -0.39 is 0 Å². The molecule has 0 aliphatic carbocycles. The number of benzene rings is 1. The number of hydrogen-bond acceptors (Lipinski definition) is 4. The zero-order valence-electron chi connectivity index (χ0n) is 12.4. The van der Waals surface area contributed by atoms with Gasteiger partial charge in [-0.05, 0) is 27.6 Å². The lowest BCUT2D eigenvalue weighted by atomic mass is 10.1. The third kappa shape index (κ3) is 3.89. The molecule has 0 fully saturated rings. The Kier molecular flexibility index (Phi) is 5.87. The van der Waals surface area contributed by atoms with Crippen LogP contribution in [0, 0.1) is 0 Å². The predicted molar refractivity (Wildman–Crippen MR) is 82.9 cm³/mol. The fourth-order valence-corrected chi connectivity index (χ4v) is 2.87. The fourth-order valence-electron chi connectivity index (χ4n) is 2.28. The van der Waals surface area contributed by atoms with Crippen molar-refractivity contribution < 1.29 is 19.0 Å². The summed E-state index contributed by atoms with van der Waals surface area (Å²) >= 11 is 3.57. The molecule has 0 radical (unpaired) electrons. The van der Waals surface area contributed by atoms with E-state index in [9.17, 15) is 4.79 Å². The summed E-state index contributed by atoms with van der Waals surface area (Å²) in [6, 6.07) is 1.99. The largest absolute Gasteiger partial charge is 0.493 e. The van der Waals surface area contributed by atoms with Gasteiger partial charge in [-0.1, -0.05) is 0 Å². The molecule has 0 saturated heterocycles. The third-order valence-corrected chi connectivity index (χ3v) is 4.18. The minimum Gasteiger partial charge on any atom is -0.493 e. The van der Waals surface area contributed by atoms with E-state index in [1.807, 2.05) is 6.07 Å². The van der Waals surface area contributed by atoms with Crippen molar-refractivity contribution >= 4 is 22.3 Å². The summed E-state index contributed by atoms with van der Waals surface area (Å²) in [4.78, 5) is 12.4. The molecule has 0 atom stereocenters. The molecule has 0 bridgehead atoms. The minimum atomic E-state index is 0.509. The Hall–Kier alpha value is -1.27. The maximum atomic E-state index is 10.8. The number of ether oxygens (including phenoxy) is 3. The summed E-state index contributed by atoms with van der Waals surface area (Å²) in [6.07, 6.45) is 2.49. The van der Waals surface area contributed by atoms with Crippen LogP contribution >= 0.6 is 15.9 Å². The number of carbonyl (C=O) groups is 1. The van der Waals surface area contributed by atoms with Crippen molar-refractivity contribution in [2.75, 3.05) is 34.0 Å². The highest BCUT2D eigenvalue weighted by molar-refractivity contribution is 9.10. The minimum absolute atomic E-state index is 0.509. The van der Waals surface area contributed by atoms with Gasteiger partial charge < -0.3 is 19.1 Å². The number of carbonyl (C=O) groups excluding carboxylic acids is 1. The molecule has 1 aliphatic heterocycles. The number of rotatable bonds is 8. The van der Waals surface area contributed by atoms with E-state index in [2.05, 4.69) is 15.9 Å². The second kappa shape index (κ2) is 7.66. The zero-order valence-corrected chi connectivity index (χ0v) is 13.9. The predicted octanol–water partition coefficient (Wildman–Crippen LogP) is 2.39. The standard InChI is InChI=1S/C15H20BrNO4/c1-17(10-18)9-11-8-13(20-6-3-5-19-2)12-4-7-21-15(12)14(11)16/h8,10H,3-7,9H2,1-2H3. The number of halogens is 1. The first-order valence-electron chi connectivity index (χ1n) is 6.91. The van der Waals surface area contributed by atoms with Gasteiger partial charge in [0, 0.05) is 45.7 Å². The van der Waals surface area contributed by atoms with Crippen molar-refractivity contribution in [2.45, 2.75) is 19.4 Å². The van der Waals surface area contributed by atoms with Crippen LogP contribution in [0.15, 0.2) is 10.5 Å². The monoisotopic (exact) mass is 357 g/mol. The van der Waals surface area contributed by atoms with E-state index in [4.69, 9.17) is 14.2 Å². The molecule has 1 amide bonds. The Bertz CT molecular complexity index is 507.